The van der Waals surface area contributed by atoms with Gasteiger partial charge in [0.2, 0.25) is 0 Å². The van der Waals surface area contributed by atoms with Crippen molar-refractivity contribution in [3.8, 4) is 11.4 Å². The molecule has 0 aliphatic carbocycles. The maximum Gasteiger partial charge on any atom is 0.147 e. The Morgan fingerprint density at radius 2 is 2.00 bits per heavy atom. The fourth-order valence-electron chi connectivity index (χ4n) is 3.67. The van der Waals surface area contributed by atoms with Gasteiger partial charge in [0.05, 0.1) is 23.7 Å². The Kier molecular flexibility index (Phi) is 5.05. The van der Waals surface area contributed by atoms with Crippen molar-refractivity contribution in [1.82, 2.24) is 14.7 Å². The number of para-hydroxylation sites is 1. The van der Waals surface area contributed by atoms with E-state index in [0.29, 0.717) is 12.6 Å². The Labute approximate surface area is 164 Å². The molecular weight excluding hydrogens is 355 g/mol. The van der Waals surface area contributed by atoms with Crippen molar-refractivity contribution in [2.75, 3.05) is 26.0 Å². The molecule has 1 atom stereocenters. The van der Waals surface area contributed by atoms with E-state index in [9.17, 15) is 4.39 Å². The number of ether oxygens (including phenoxy) is 1. The molecule has 2 heterocycles. The van der Waals surface area contributed by atoms with Crippen LogP contribution in [-0.4, -0.2) is 35.4 Å². The van der Waals surface area contributed by atoms with Gasteiger partial charge in [-0.25, -0.2) is 9.07 Å². The Morgan fingerprint density at radius 3 is 2.75 bits per heavy atom. The number of rotatable bonds is 5. The lowest BCUT2D eigenvalue weighted by Crippen LogP contribution is -2.26. The first-order valence-corrected chi connectivity index (χ1v) is 9.50. The van der Waals surface area contributed by atoms with E-state index in [0.717, 1.165) is 41.4 Å². The van der Waals surface area contributed by atoms with Crippen molar-refractivity contribution >= 4 is 5.69 Å². The van der Waals surface area contributed by atoms with Gasteiger partial charge < -0.3 is 15.0 Å². The monoisotopic (exact) mass is 380 g/mol. The molecule has 0 amide bonds. The summed E-state index contributed by atoms with van der Waals surface area (Å²) in [6.07, 6.45) is 2.97. The zero-order valence-electron chi connectivity index (χ0n) is 16.4. The SMILES string of the molecule is Cc1nn(-c2ccc(F)cc2)cc1CNc1cccc2c1OCCC2N(C)C. The van der Waals surface area contributed by atoms with Gasteiger partial charge in [-0.2, -0.15) is 5.10 Å². The Bertz CT molecular complexity index is 965. The molecule has 1 unspecified atom stereocenters. The second kappa shape index (κ2) is 7.64. The average molecular weight is 380 g/mol. The lowest BCUT2D eigenvalue weighted by molar-refractivity contribution is 0.190. The van der Waals surface area contributed by atoms with Crippen LogP contribution in [0.1, 0.15) is 29.3 Å². The second-order valence-corrected chi connectivity index (χ2v) is 7.35. The van der Waals surface area contributed by atoms with Gasteiger partial charge in [-0.1, -0.05) is 12.1 Å². The number of hydrogen-bond donors (Lipinski definition) is 1. The number of fused-ring (bicyclic) bond motifs is 1. The van der Waals surface area contributed by atoms with Crippen molar-refractivity contribution in [3.05, 3.63) is 71.3 Å². The van der Waals surface area contributed by atoms with Gasteiger partial charge in [-0.3, -0.25) is 0 Å². The standard InChI is InChI=1S/C22H25FN4O/c1-15-16(14-27(25-15)18-9-7-17(23)8-10-18)13-24-20-6-4-5-19-21(26(2)3)11-12-28-22(19)20/h4-10,14,21,24H,11-13H2,1-3H3. The van der Waals surface area contributed by atoms with Gasteiger partial charge in [0.25, 0.3) is 0 Å². The van der Waals surface area contributed by atoms with Gasteiger partial charge in [0.1, 0.15) is 11.6 Å². The van der Waals surface area contributed by atoms with Crippen LogP contribution in [-0.2, 0) is 6.54 Å². The third-order valence-corrected chi connectivity index (χ3v) is 5.23. The number of benzene rings is 2. The number of hydrogen-bond acceptors (Lipinski definition) is 4. The van der Waals surface area contributed by atoms with E-state index in [1.54, 1.807) is 16.8 Å². The van der Waals surface area contributed by atoms with Gasteiger partial charge in [0, 0.05) is 36.3 Å². The summed E-state index contributed by atoms with van der Waals surface area (Å²) in [7, 11) is 4.21. The average Bonchev–Trinajstić information content (AvgIpc) is 3.07. The largest absolute Gasteiger partial charge is 0.491 e. The first kappa shape index (κ1) is 18.5. The number of anilines is 1. The lowest BCUT2D eigenvalue weighted by Gasteiger charge is -2.32. The molecule has 4 rings (SSSR count). The summed E-state index contributed by atoms with van der Waals surface area (Å²) in [6, 6.07) is 13.0. The van der Waals surface area contributed by atoms with Crippen molar-refractivity contribution in [2.24, 2.45) is 0 Å². The van der Waals surface area contributed by atoms with Crippen molar-refractivity contribution < 1.29 is 9.13 Å². The summed E-state index contributed by atoms with van der Waals surface area (Å²) in [6.45, 7) is 3.34. The minimum atomic E-state index is -0.251. The molecule has 28 heavy (non-hydrogen) atoms. The molecule has 1 aliphatic rings. The van der Waals surface area contributed by atoms with Crippen LogP contribution < -0.4 is 10.1 Å². The summed E-state index contributed by atoms with van der Waals surface area (Å²) in [5, 5.41) is 8.07. The van der Waals surface area contributed by atoms with E-state index in [2.05, 4.69) is 47.6 Å². The summed E-state index contributed by atoms with van der Waals surface area (Å²) >= 11 is 0. The molecule has 146 valence electrons. The number of nitrogens with one attached hydrogen (secondary N) is 1. The molecule has 0 saturated carbocycles. The Morgan fingerprint density at radius 1 is 1.21 bits per heavy atom. The molecule has 5 nitrogen and oxygen atoms in total. The minimum absolute atomic E-state index is 0.251. The van der Waals surface area contributed by atoms with Crippen LogP contribution in [0.4, 0.5) is 10.1 Å². The third-order valence-electron chi connectivity index (χ3n) is 5.23. The highest BCUT2D eigenvalue weighted by Crippen LogP contribution is 2.40. The van der Waals surface area contributed by atoms with Crippen molar-refractivity contribution in [3.63, 3.8) is 0 Å². The van der Waals surface area contributed by atoms with Crippen LogP contribution in [0.25, 0.3) is 5.69 Å². The van der Waals surface area contributed by atoms with Crippen LogP contribution in [0.5, 0.6) is 5.75 Å². The molecule has 1 aromatic heterocycles. The predicted molar refractivity (Wildman–Crippen MR) is 109 cm³/mol. The molecule has 2 aromatic carbocycles. The van der Waals surface area contributed by atoms with Crippen LogP contribution in [0, 0.1) is 12.7 Å². The third kappa shape index (κ3) is 3.60. The van der Waals surface area contributed by atoms with Crippen LogP contribution in [0.3, 0.4) is 0 Å². The van der Waals surface area contributed by atoms with Crippen LogP contribution in [0.2, 0.25) is 0 Å². The molecule has 0 saturated heterocycles. The van der Waals surface area contributed by atoms with E-state index < -0.39 is 0 Å². The van der Waals surface area contributed by atoms with E-state index in [1.807, 2.05) is 13.1 Å². The van der Waals surface area contributed by atoms with Crippen molar-refractivity contribution in [2.45, 2.75) is 25.9 Å². The van der Waals surface area contributed by atoms with Gasteiger partial charge in [0.15, 0.2) is 0 Å². The lowest BCUT2D eigenvalue weighted by atomic mass is 9.98. The molecule has 0 fully saturated rings. The quantitative estimate of drug-likeness (QED) is 0.716. The second-order valence-electron chi connectivity index (χ2n) is 7.35. The minimum Gasteiger partial charge on any atom is -0.491 e. The number of aromatic nitrogens is 2. The van der Waals surface area contributed by atoms with Gasteiger partial charge in [-0.15, -0.1) is 0 Å². The maximum absolute atomic E-state index is 13.2. The molecule has 6 heteroatoms. The predicted octanol–water partition coefficient (Wildman–Crippen LogP) is 4.32. The molecule has 0 radical (unpaired) electrons. The van der Waals surface area contributed by atoms with Gasteiger partial charge >= 0.3 is 0 Å². The highest BCUT2D eigenvalue weighted by atomic mass is 19.1. The maximum atomic E-state index is 13.2. The molecular formula is C22H25FN4O. The zero-order valence-corrected chi connectivity index (χ0v) is 16.4. The van der Waals surface area contributed by atoms with E-state index >= 15 is 0 Å². The Balaban J connectivity index is 1.54. The molecule has 1 N–H and O–H groups in total. The molecule has 1 aliphatic heterocycles. The van der Waals surface area contributed by atoms with Crippen LogP contribution >= 0.6 is 0 Å². The smallest absolute Gasteiger partial charge is 0.147 e. The molecule has 0 spiro atoms. The topological polar surface area (TPSA) is 42.3 Å². The summed E-state index contributed by atoms with van der Waals surface area (Å²) in [5.74, 6) is 0.690. The highest BCUT2D eigenvalue weighted by molar-refractivity contribution is 5.61. The van der Waals surface area contributed by atoms with E-state index in [-0.39, 0.29) is 5.82 Å². The van der Waals surface area contributed by atoms with Crippen molar-refractivity contribution in [1.29, 1.82) is 0 Å². The van der Waals surface area contributed by atoms with E-state index in [1.165, 1.54) is 17.7 Å². The zero-order chi connectivity index (χ0) is 19.7. The number of aryl methyl sites for hydroxylation is 1. The molecule has 0 bridgehead atoms. The normalized spacial score (nSPS) is 16.0. The van der Waals surface area contributed by atoms with Gasteiger partial charge in [-0.05, 0) is 51.4 Å². The van der Waals surface area contributed by atoms with E-state index in [4.69, 9.17) is 4.74 Å². The first-order chi connectivity index (χ1) is 13.5. The molecule has 3 aromatic rings. The number of nitrogens with zero attached hydrogens (tertiary/aromatic N) is 3. The summed E-state index contributed by atoms with van der Waals surface area (Å²) in [5.41, 5.74) is 5.08. The Hall–Kier alpha value is -2.86. The first-order valence-electron chi connectivity index (χ1n) is 9.50. The highest BCUT2D eigenvalue weighted by Gasteiger charge is 2.25. The fourth-order valence-corrected chi connectivity index (χ4v) is 3.67. The number of halogens is 1. The summed E-state index contributed by atoms with van der Waals surface area (Å²) in [4.78, 5) is 2.24. The van der Waals surface area contributed by atoms with Crippen LogP contribution in [0.15, 0.2) is 48.7 Å². The summed E-state index contributed by atoms with van der Waals surface area (Å²) < 4.78 is 20.9. The fraction of sp³-hybridized carbons (Fsp3) is 0.318.